The predicted octanol–water partition coefficient (Wildman–Crippen LogP) is 2.80. The zero-order valence-corrected chi connectivity index (χ0v) is 9.25. The van der Waals surface area contributed by atoms with Gasteiger partial charge in [0.2, 0.25) is 5.76 Å². The highest BCUT2D eigenvalue weighted by molar-refractivity contribution is 6.30. The first-order valence-electron chi connectivity index (χ1n) is 4.35. The molecule has 0 spiro atoms. The van der Waals surface area contributed by atoms with Gasteiger partial charge in [0.15, 0.2) is 0 Å². The second kappa shape index (κ2) is 5.41. The molecule has 0 amide bonds. The van der Waals surface area contributed by atoms with Gasteiger partial charge in [-0.25, -0.2) is 4.79 Å². The molecule has 0 saturated carbocycles. The summed E-state index contributed by atoms with van der Waals surface area (Å²) in [6, 6.07) is 6.71. The number of allylic oxidation sites excluding steroid dienone is 1. The largest absolute Gasteiger partial charge is 0.463 e. The van der Waals surface area contributed by atoms with Gasteiger partial charge in [0.05, 0.1) is 7.11 Å². The highest BCUT2D eigenvalue weighted by Crippen LogP contribution is 2.18. The number of ether oxygens (including phenoxy) is 2. The lowest BCUT2D eigenvalue weighted by Crippen LogP contribution is -2.10. The molecule has 0 saturated heterocycles. The summed E-state index contributed by atoms with van der Waals surface area (Å²) >= 11 is 5.71. The van der Waals surface area contributed by atoms with Gasteiger partial charge in [-0.15, -0.1) is 0 Å². The monoisotopic (exact) mass is 226 g/mol. The molecule has 0 N–H and O–H groups in total. The molecule has 1 rings (SSSR count). The van der Waals surface area contributed by atoms with Crippen molar-refractivity contribution in [3.05, 3.63) is 41.1 Å². The Kier molecular flexibility index (Phi) is 4.18. The number of carbonyl (C=O) groups is 1. The van der Waals surface area contributed by atoms with Crippen molar-refractivity contribution in [1.29, 1.82) is 0 Å². The lowest BCUT2D eigenvalue weighted by Gasteiger charge is -2.07. The number of benzene rings is 1. The third-order valence-electron chi connectivity index (χ3n) is 1.69. The van der Waals surface area contributed by atoms with E-state index in [0.29, 0.717) is 10.8 Å². The molecule has 1 aromatic carbocycles. The van der Waals surface area contributed by atoms with Crippen LogP contribution in [0.4, 0.5) is 0 Å². The van der Waals surface area contributed by atoms with Crippen LogP contribution >= 0.6 is 11.6 Å². The zero-order chi connectivity index (χ0) is 11.3. The van der Waals surface area contributed by atoms with E-state index in [4.69, 9.17) is 16.3 Å². The molecule has 0 bridgehead atoms. The van der Waals surface area contributed by atoms with Gasteiger partial charge in [-0.2, -0.15) is 0 Å². The maximum Gasteiger partial charge on any atom is 0.373 e. The molecule has 0 atom stereocenters. The van der Waals surface area contributed by atoms with Crippen LogP contribution in [0.5, 0.6) is 5.75 Å². The third-order valence-corrected chi connectivity index (χ3v) is 1.94. The van der Waals surface area contributed by atoms with Crippen LogP contribution in [-0.4, -0.2) is 13.1 Å². The van der Waals surface area contributed by atoms with Crippen molar-refractivity contribution in [2.24, 2.45) is 0 Å². The van der Waals surface area contributed by atoms with Crippen molar-refractivity contribution >= 4 is 17.6 Å². The molecule has 4 heteroatoms. The molecule has 0 aliphatic rings. The van der Waals surface area contributed by atoms with E-state index < -0.39 is 5.97 Å². The van der Waals surface area contributed by atoms with Gasteiger partial charge in [-0.3, -0.25) is 0 Å². The molecule has 0 aliphatic carbocycles. The standard InChI is InChI=1S/C11H11ClO3/c1-3-10(11(13)14-2)15-9-6-4-8(12)5-7-9/h3-7H,1-2H3/b10-3-. The Morgan fingerprint density at radius 2 is 1.93 bits per heavy atom. The molecule has 1 aromatic rings. The highest BCUT2D eigenvalue weighted by Gasteiger charge is 2.10. The van der Waals surface area contributed by atoms with Gasteiger partial charge in [0, 0.05) is 5.02 Å². The Balaban J connectivity index is 2.76. The van der Waals surface area contributed by atoms with E-state index in [1.54, 1.807) is 37.3 Å². The maximum atomic E-state index is 11.2. The summed E-state index contributed by atoms with van der Waals surface area (Å²) in [5, 5.41) is 0.613. The Morgan fingerprint density at radius 1 is 1.33 bits per heavy atom. The van der Waals surface area contributed by atoms with Gasteiger partial charge in [-0.1, -0.05) is 11.6 Å². The van der Waals surface area contributed by atoms with Crippen LogP contribution in [0, 0.1) is 0 Å². The molecular formula is C11H11ClO3. The summed E-state index contributed by atoms with van der Waals surface area (Å²) in [5.74, 6) is 0.185. The fourth-order valence-electron chi connectivity index (χ4n) is 0.949. The van der Waals surface area contributed by atoms with Crippen LogP contribution < -0.4 is 4.74 Å². The number of rotatable bonds is 3. The van der Waals surface area contributed by atoms with Crippen molar-refractivity contribution in [2.45, 2.75) is 6.92 Å². The van der Waals surface area contributed by atoms with E-state index in [2.05, 4.69) is 4.74 Å². The van der Waals surface area contributed by atoms with Crippen molar-refractivity contribution in [3.63, 3.8) is 0 Å². The lowest BCUT2D eigenvalue weighted by atomic mass is 10.3. The van der Waals surface area contributed by atoms with Gasteiger partial charge < -0.3 is 9.47 Å². The summed E-state index contributed by atoms with van der Waals surface area (Å²) < 4.78 is 9.84. The summed E-state index contributed by atoms with van der Waals surface area (Å²) in [6.45, 7) is 1.70. The number of hydrogen-bond acceptors (Lipinski definition) is 3. The number of hydrogen-bond donors (Lipinski definition) is 0. The van der Waals surface area contributed by atoms with Crippen LogP contribution in [0.2, 0.25) is 5.02 Å². The fraction of sp³-hybridized carbons (Fsp3) is 0.182. The maximum absolute atomic E-state index is 11.2. The van der Waals surface area contributed by atoms with Crippen molar-refractivity contribution in [1.82, 2.24) is 0 Å². The number of methoxy groups -OCH3 is 1. The Bertz CT molecular complexity index is 368. The van der Waals surface area contributed by atoms with E-state index in [1.807, 2.05) is 0 Å². The van der Waals surface area contributed by atoms with Crippen LogP contribution in [0.1, 0.15) is 6.92 Å². The number of halogens is 1. The minimum absolute atomic E-state index is 0.153. The summed E-state index contributed by atoms with van der Waals surface area (Å²) in [5.41, 5.74) is 0. The SMILES string of the molecule is C/C=C(\Oc1ccc(Cl)cc1)C(=O)OC. The first kappa shape index (κ1) is 11.6. The van der Waals surface area contributed by atoms with E-state index in [9.17, 15) is 4.79 Å². The zero-order valence-electron chi connectivity index (χ0n) is 8.49. The molecule has 0 radical (unpaired) electrons. The summed E-state index contributed by atoms with van der Waals surface area (Å²) in [6.07, 6.45) is 1.54. The minimum atomic E-state index is -0.507. The minimum Gasteiger partial charge on any atom is -0.463 e. The Labute approximate surface area is 93.3 Å². The molecule has 15 heavy (non-hydrogen) atoms. The van der Waals surface area contributed by atoms with Crippen molar-refractivity contribution < 1.29 is 14.3 Å². The average molecular weight is 227 g/mol. The number of esters is 1. The Morgan fingerprint density at radius 3 is 2.40 bits per heavy atom. The number of carbonyl (C=O) groups excluding carboxylic acids is 1. The average Bonchev–Trinajstić information content (AvgIpc) is 2.27. The predicted molar refractivity (Wildman–Crippen MR) is 57.9 cm³/mol. The first-order valence-corrected chi connectivity index (χ1v) is 4.73. The highest BCUT2D eigenvalue weighted by atomic mass is 35.5. The van der Waals surface area contributed by atoms with Crippen LogP contribution in [0.3, 0.4) is 0 Å². The summed E-state index contributed by atoms with van der Waals surface area (Å²) in [4.78, 5) is 11.2. The molecule has 0 aromatic heterocycles. The second-order valence-electron chi connectivity index (χ2n) is 2.70. The van der Waals surface area contributed by atoms with Crippen molar-refractivity contribution in [3.8, 4) is 5.75 Å². The van der Waals surface area contributed by atoms with Crippen LogP contribution in [0.15, 0.2) is 36.1 Å². The molecule has 3 nitrogen and oxygen atoms in total. The smallest absolute Gasteiger partial charge is 0.373 e. The van der Waals surface area contributed by atoms with Crippen LogP contribution in [0.25, 0.3) is 0 Å². The van der Waals surface area contributed by atoms with E-state index in [0.717, 1.165) is 0 Å². The van der Waals surface area contributed by atoms with E-state index >= 15 is 0 Å². The molecule has 0 heterocycles. The normalized spacial score (nSPS) is 11.0. The first-order chi connectivity index (χ1) is 7.17. The lowest BCUT2D eigenvalue weighted by molar-refractivity contribution is -0.138. The quantitative estimate of drug-likeness (QED) is 0.452. The molecule has 0 fully saturated rings. The van der Waals surface area contributed by atoms with Gasteiger partial charge >= 0.3 is 5.97 Å². The molecule has 0 aliphatic heterocycles. The van der Waals surface area contributed by atoms with E-state index in [-0.39, 0.29) is 5.76 Å². The Hall–Kier alpha value is -1.48. The van der Waals surface area contributed by atoms with Gasteiger partial charge in [0.25, 0.3) is 0 Å². The van der Waals surface area contributed by atoms with E-state index in [1.165, 1.54) is 7.11 Å². The molecule has 80 valence electrons. The summed E-state index contributed by atoms with van der Waals surface area (Å²) in [7, 11) is 1.30. The molecule has 0 unspecified atom stereocenters. The fourth-order valence-corrected chi connectivity index (χ4v) is 1.07. The molecular weight excluding hydrogens is 216 g/mol. The third kappa shape index (κ3) is 3.29. The van der Waals surface area contributed by atoms with Gasteiger partial charge in [-0.05, 0) is 37.3 Å². The van der Waals surface area contributed by atoms with Gasteiger partial charge in [0.1, 0.15) is 5.75 Å². The second-order valence-corrected chi connectivity index (χ2v) is 3.14. The van der Waals surface area contributed by atoms with Crippen molar-refractivity contribution in [2.75, 3.05) is 7.11 Å². The van der Waals surface area contributed by atoms with Crippen LogP contribution in [-0.2, 0) is 9.53 Å². The topological polar surface area (TPSA) is 35.5 Å².